The lowest BCUT2D eigenvalue weighted by molar-refractivity contribution is -0.135. The van der Waals surface area contributed by atoms with Crippen molar-refractivity contribution in [1.82, 2.24) is 4.90 Å². The van der Waals surface area contributed by atoms with Gasteiger partial charge >= 0.3 is 0 Å². The summed E-state index contributed by atoms with van der Waals surface area (Å²) < 4.78 is 5.22. The summed E-state index contributed by atoms with van der Waals surface area (Å²) in [6, 6.07) is 7.85. The van der Waals surface area contributed by atoms with Crippen LogP contribution in [-0.2, 0) is 11.3 Å². The van der Waals surface area contributed by atoms with Crippen molar-refractivity contribution in [3.63, 3.8) is 0 Å². The molecule has 0 spiro atoms. The molecule has 1 fully saturated rings. The highest BCUT2D eigenvalue weighted by atomic mass is 16.5. The molecule has 2 unspecified atom stereocenters. The minimum Gasteiger partial charge on any atom is -0.497 e. The number of ether oxygens (including phenoxy) is 1. The van der Waals surface area contributed by atoms with Crippen LogP contribution in [0.25, 0.3) is 0 Å². The van der Waals surface area contributed by atoms with E-state index in [4.69, 9.17) is 10.5 Å². The Morgan fingerprint density at radius 2 is 2.10 bits per heavy atom. The van der Waals surface area contributed by atoms with Crippen LogP contribution in [-0.4, -0.2) is 31.0 Å². The van der Waals surface area contributed by atoms with E-state index in [1.165, 1.54) is 6.42 Å². The van der Waals surface area contributed by atoms with Gasteiger partial charge in [-0.1, -0.05) is 31.4 Å². The number of carbonyl (C=O) groups excluding carboxylic acids is 1. The second kappa shape index (κ2) is 7.46. The number of hydrogen-bond donors (Lipinski definition) is 1. The summed E-state index contributed by atoms with van der Waals surface area (Å²) in [4.78, 5) is 14.4. The van der Waals surface area contributed by atoms with Crippen molar-refractivity contribution in [2.45, 2.75) is 44.7 Å². The summed E-state index contributed by atoms with van der Waals surface area (Å²) >= 11 is 0. The maximum absolute atomic E-state index is 12.6. The number of nitrogens with zero attached hydrogens (tertiary/aromatic N) is 1. The molecule has 2 N–H and O–H groups in total. The molecule has 1 saturated carbocycles. The third-order valence-corrected chi connectivity index (χ3v) is 4.32. The van der Waals surface area contributed by atoms with E-state index in [-0.39, 0.29) is 17.9 Å². The highest BCUT2D eigenvalue weighted by molar-refractivity contribution is 5.79. The molecule has 21 heavy (non-hydrogen) atoms. The predicted molar refractivity (Wildman–Crippen MR) is 84.0 cm³/mol. The Hall–Kier alpha value is -1.55. The molecule has 116 valence electrons. The van der Waals surface area contributed by atoms with Crippen LogP contribution in [0.2, 0.25) is 0 Å². The smallest absolute Gasteiger partial charge is 0.227 e. The molecule has 0 aromatic heterocycles. The molecular formula is C17H26N2O2. The van der Waals surface area contributed by atoms with Gasteiger partial charge in [-0.15, -0.1) is 0 Å². The summed E-state index contributed by atoms with van der Waals surface area (Å²) in [6.45, 7) is 0.596. The lowest BCUT2D eigenvalue weighted by atomic mass is 9.94. The third-order valence-electron chi connectivity index (χ3n) is 4.32. The first-order valence-electron chi connectivity index (χ1n) is 7.75. The third kappa shape index (κ3) is 4.21. The predicted octanol–water partition coefficient (Wildman–Crippen LogP) is 2.56. The van der Waals surface area contributed by atoms with Crippen LogP contribution in [0.15, 0.2) is 24.3 Å². The highest BCUT2D eigenvalue weighted by Crippen LogP contribution is 2.24. The van der Waals surface area contributed by atoms with Gasteiger partial charge in [0.15, 0.2) is 0 Å². The molecule has 0 heterocycles. The lowest BCUT2D eigenvalue weighted by Gasteiger charge is -2.26. The molecule has 0 saturated heterocycles. The van der Waals surface area contributed by atoms with Crippen LogP contribution in [0.3, 0.4) is 0 Å². The molecule has 1 aliphatic rings. The molecule has 1 aromatic rings. The highest BCUT2D eigenvalue weighted by Gasteiger charge is 2.29. The summed E-state index contributed by atoms with van der Waals surface area (Å²) in [6.07, 6.45) is 5.32. The van der Waals surface area contributed by atoms with Gasteiger partial charge in [-0.05, 0) is 30.5 Å². The van der Waals surface area contributed by atoms with E-state index in [0.29, 0.717) is 6.54 Å². The van der Waals surface area contributed by atoms with Gasteiger partial charge in [-0.2, -0.15) is 0 Å². The molecule has 2 atom stereocenters. The fraction of sp³-hybridized carbons (Fsp3) is 0.588. The fourth-order valence-corrected chi connectivity index (χ4v) is 3.05. The van der Waals surface area contributed by atoms with Crippen molar-refractivity contribution >= 4 is 5.91 Å². The number of rotatable bonds is 4. The second-order valence-corrected chi connectivity index (χ2v) is 5.95. The quantitative estimate of drug-likeness (QED) is 0.867. The summed E-state index contributed by atoms with van der Waals surface area (Å²) in [5.74, 6) is 0.967. The average Bonchev–Trinajstić information content (AvgIpc) is 2.71. The molecule has 0 bridgehead atoms. The largest absolute Gasteiger partial charge is 0.497 e. The van der Waals surface area contributed by atoms with Crippen LogP contribution >= 0.6 is 0 Å². The van der Waals surface area contributed by atoms with E-state index in [1.54, 1.807) is 12.0 Å². The Morgan fingerprint density at radius 1 is 1.33 bits per heavy atom. The molecule has 4 heteroatoms. The summed E-state index contributed by atoms with van der Waals surface area (Å²) in [5.41, 5.74) is 7.27. The Bertz CT molecular complexity index is 476. The van der Waals surface area contributed by atoms with E-state index in [0.717, 1.165) is 37.0 Å². The zero-order chi connectivity index (χ0) is 15.2. The first-order chi connectivity index (χ1) is 10.1. The van der Waals surface area contributed by atoms with Gasteiger partial charge < -0.3 is 15.4 Å². The zero-order valence-electron chi connectivity index (χ0n) is 13.0. The Morgan fingerprint density at radius 3 is 2.86 bits per heavy atom. The average molecular weight is 290 g/mol. The van der Waals surface area contributed by atoms with Crippen molar-refractivity contribution in [2.75, 3.05) is 14.2 Å². The molecular weight excluding hydrogens is 264 g/mol. The minimum atomic E-state index is -0.0249. The van der Waals surface area contributed by atoms with Crippen molar-refractivity contribution in [1.29, 1.82) is 0 Å². The Balaban J connectivity index is 2.00. The van der Waals surface area contributed by atoms with Gasteiger partial charge in [0.1, 0.15) is 5.75 Å². The van der Waals surface area contributed by atoms with Crippen molar-refractivity contribution in [3.05, 3.63) is 29.8 Å². The van der Waals surface area contributed by atoms with Crippen LogP contribution in [0.1, 0.15) is 37.7 Å². The van der Waals surface area contributed by atoms with Crippen molar-refractivity contribution in [2.24, 2.45) is 11.7 Å². The van der Waals surface area contributed by atoms with Crippen LogP contribution in [0, 0.1) is 5.92 Å². The maximum atomic E-state index is 12.6. The molecule has 1 aliphatic carbocycles. The van der Waals surface area contributed by atoms with E-state index in [1.807, 2.05) is 31.3 Å². The summed E-state index contributed by atoms with van der Waals surface area (Å²) in [5, 5.41) is 0. The van der Waals surface area contributed by atoms with Gasteiger partial charge in [0.2, 0.25) is 5.91 Å². The number of hydrogen-bond acceptors (Lipinski definition) is 3. The van der Waals surface area contributed by atoms with E-state index in [9.17, 15) is 4.79 Å². The van der Waals surface area contributed by atoms with Gasteiger partial charge in [-0.25, -0.2) is 0 Å². The fourth-order valence-electron chi connectivity index (χ4n) is 3.05. The second-order valence-electron chi connectivity index (χ2n) is 5.95. The summed E-state index contributed by atoms with van der Waals surface area (Å²) in [7, 11) is 3.51. The van der Waals surface area contributed by atoms with Crippen LogP contribution in [0.4, 0.5) is 0 Å². The van der Waals surface area contributed by atoms with Gasteiger partial charge in [0, 0.05) is 19.6 Å². The molecule has 2 rings (SSSR count). The van der Waals surface area contributed by atoms with Gasteiger partial charge in [0.05, 0.1) is 13.0 Å². The first kappa shape index (κ1) is 15.8. The number of carbonyl (C=O) groups is 1. The van der Waals surface area contributed by atoms with E-state index >= 15 is 0 Å². The van der Waals surface area contributed by atoms with Crippen LogP contribution < -0.4 is 10.5 Å². The molecule has 1 aromatic carbocycles. The zero-order valence-corrected chi connectivity index (χ0v) is 13.0. The molecule has 0 aliphatic heterocycles. The molecule has 0 radical (unpaired) electrons. The minimum absolute atomic E-state index is 0.00718. The standard InChI is InChI=1S/C17H26N2O2/c1-19(12-13-7-6-8-14(11-13)21-2)17(20)15-9-4-3-5-10-16(15)18/h6-8,11,15-16H,3-5,9-10,12,18H2,1-2H3. The molecule has 4 nitrogen and oxygen atoms in total. The van der Waals surface area contributed by atoms with Crippen molar-refractivity contribution < 1.29 is 9.53 Å². The number of benzene rings is 1. The van der Waals surface area contributed by atoms with E-state index in [2.05, 4.69) is 0 Å². The lowest BCUT2D eigenvalue weighted by Crippen LogP contribution is -2.41. The normalized spacial score (nSPS) is 22.4. The van der Waals surface area contributed by atoms with E-state index < -0.39 is 0 Å². The first-order valence-corrected chi connectivity index (χ1v) is 7.75. The van der Waals surface area contributed by atoms with Crippen molar-refractivity contribution in [3.8, 4) is 5.75 Å². The number of methoxy groups -OCH3 is 1. The Kier molecular flexibility index (Phi) is 5.62. The Labute approximate surface area is 127 Å². The SMILES string of the molecule is COc1cccc(CN(C)C(=O)C2CCCCCC2N)c1. The number of amides is 1. The topological polar surface area (TPSA) is 55.6 Å². The maximum Gasteiger partial charge on any atom is 0.227 e. The van der Waals surface area contributed by atoms with Gasteiger partial charge in [-0.3, -0.25) is 4.79 Å². The van der Waals surface area contributed by atoms with Gasteiger partial charge in [0.25, 0.3) is 0 Å². The molecule has 1 amide bonds. The van der Waals surface area contributed by atoms with Crippen LogP contribution in [0.5, 0.6) is 5.75 Å². The monoisotopic (exact) mass is 290 g/mol. The number of nitrogens with two attached hydrogens (primary N) is 1.